The van der Waals surface area contributed by atoms with E-state index in [-0.39, 0.29) is 0 Å². The molecule has 1 heterocycles. The average Bonchev–Trinajstić information content (AvgIpc) is 2.43. The van der Waals surface area contributed by atoms with E-state index >= 15 is 0 Å². The molecule has 0 spiro atoms. The number of rotatable bonds is 5. The zero-order chi connectivity index (χ0) is 14.5. The molecule has 0 aliphatic rings. The third kappa shape index (κ3) is 3.74. The number of hydrogen-bond donors (Lipinski definition) is 2. The Labute approximate surface area is 128 Å². The van der Waals surface area contributed by atoms with Gasteiger partial charge in [0.05, 0.1) is 10.7 Å². The molecule has 0 amide bonds. The Kier molecular flexibility index (Phi) is 5.04. The van der Waals surface area contributed by atoms with Gasteiger partial charge in [-0.3, -0.25) is 0 Å². The Morgan fingerprint density at radius 2 is 2.05 bits per heavy atom. The topological polar surface area (TPSA) is 49.8 Å². The summed E-state index contributed by atoms with van der Waals surface area (Å²) in [6.45, 7) is 4.86. The minimum atomic E-state index is 0.593. The van der Waals surface area contributed by atoms with Crippen LogP contribution in [0.5, 0.6) is 0 Å². The quantitative estimate of drug-likeness (QED) is 0.843. The molecule has 0 aliphatic carbocycles. The molecule has 4 nitrogen and oxygen atoms in total. The highest BCUT2D eigenvalue weighted by Crippen LogP contribution is 2.29. The monoisotopic (exact) mass is 310 g/mol. The second-order valence-corrected chi connectivity index (χ2v) is 5.24. The lowest BCUT2D eigenvalue weighted by atomic mass is 10.3. The second kappa shape index (κ2) is 6.77. The zero-order valence-corrected chi connectivity index (χ0v) is 12.9. The maximum Gasteiger partial charge on any atom is 0.224 e. The fourth-order valence-electron chi connectivity index (χ4n) is 1.61. The van der Waals surface area contributed by atoms with E-state index in [1.54, 1.807) is 24.4 Å². The number of anilines is 3. The number of benzene rings is 1. The van der Waals surface area contributed by atoms with Crippen LogP contribution in [0.25, 0.3) is 0 Å². The highest BCUT2D eigenvalue weighted by atomic mass is 35.5. The number of halogens is 2. The van der Waals surface area contributed by atoms with E-state index in [4.69, 9.17) is 23.2 Å². The Morgan fingerprint density at radius 3 is 2.80 bits per heavy atom. The van der Waals surface area contributed by atoms with E-state index in [0.717, 1.165) is 24.2 Å². The average molecular weight is 311 g/mol. The van der Waals surface area contributed by atoms with E-state index in [2.05, 4.69) is 27.5 Å². The maximum atomic E-state index is 6.14. The van der Waals surface area contributed by atoms with E-state index in [0.29, 0.717) is 21.8 Å². The molecular weight excluding hydrogens is 295 g/mol. The molecule has 1 aromatic carbocycles. The van der Waals surface area contributed by atoms with Crippen LogP contribution in [-0.2, 0) is 0 Å². The predicted molar refractivity (Wildman–Crippen MR) is 85.3 cm³/mol. The first kappa shape index (κ1) is 14.9. The van der Waals surface area contributed by atoms with Crippen molar-refractivity contribution in [1.82, 2.24) is 9.97 Å². The van der Waals surface area contributed by atoms with Gasteiger partial charge in [0.15, 0.2) is 0 Å². The minimum absolute atomic E-state index is 0.593. The molecule has 0 fully saturated rings. The Balaban J connectivity index is 2.25. The van der Waals surface area contributed by atoms with Gasteiger partial charge < -0.3 is 10.6 Å². The van der Waals surface area contributed by atoms with Gasteiger partial charge in [0, 0.05) is 23.3 Å². The van der Waals surface area contributed by atoms with Crippen molar-refractivity contribution < 1.29 is 0 Å². The molecule has 0 saturated heterocycles. The Morgan fingerprint density at radius 1 is 1.25 bits per heavy atom. The summed E-state index contributed by atoms with van der Waals surface area (Å²) in [6, 6.07) is 5.26. The van der Waals surface area contributed by atoms with Gasteiger partial charge in [-0.1, -0.05) is 30.1 Å². The van der Waals surface area contributed by atoms with Gasteiger partial charge in [-0.2, -0.15) is 4.98 Å². The molecule has 2 N–H and O–H groups in total. The molecule has 106 valence electrons. The van der Waals surface area contributed by atoms with Gasteiger partial charge in [-0.05, 0) is 31.5 Å². The number of aromatic nitrogens is 2. The Hall–Kier alpha value is -1.52. The number of nitrogens with one attached hydrogen (secondary N) is 2. The van der Waals surface area contributed by atoms with Gasteiger partial charge in [-0.15, -0.1) is 0 Å². The standard InChI is InChI=1S/C14H16Cl2N4/c1-3-6-17-14-18-8-9(2)13(20-14)19-12-7-10(15)4-5-11(12)16/h4-5,7-8H,3,6H2,1-2H3,(H2,17,18,19,20). The molecule has 0 radical (unpaired) electrons. The number of nitrogens with zero attached hydrogens (tertiary/aromatic N) is 2. The molecule has 6 heteroatoms. The van der Waals surface area contributed by atoms with E-state index in [1.807, 2.05) is 6.92 Å². The Bertz CT molecular complexity index is 602. The zero-order valence-electron chi connectivity index (χ0n) is 11.4. The minimum Gasteiger partial charge on any atom is -0.354 e. The van der Waals surface area contributed by atoms with Crippen molar-refractivity contribution in [3.05, 3.63) is 40.0 Å². The van der Waals surface area contributed by atoms with Crippen molar-refractivity contribution >= 4 is 40.7 Å². The number of aryl methyl sites for hydroxylation is 1. The van der Waals surface area contributed by atoms with Crippen LogP contribution in [0.3, 0.4) is 0 Å². The van der Waals surface area contributed by atoms with E-state index < -0.39 is 0 Å². The fourth-order valence-corrected chi connectivity index (χ4v) is 1.95. The molecule has 0 aliphatic heterocycles. The van der Waals surface area contributed by atoms with Crippen LogP contribution in [-0.4, -0.2) is 16.5 Å². The molecule has 0 bridgehead atoms. The summed E-state index contributed by atoms with van der Waals surface area (Å²) in [5.41, 5.74) is 1.66. The fraction of sp³-hybridized carbons (Fsp3) is 0.286. The van der Waals surface area contributed by atoms with Crippen molar-refractivity contribution in [2.45, 2.75) is 20.3 Å². The smallest absolute Gasteiger partial charge is 0.224 e. The lowest BCUT2D eigenvalue weighted by molar-refractivity contribution is 0.950. The molecule has 0 saturated carbocycles. The summed E-state index contributed by atoms with van der Waals surface area (Å²) < 4.78 is 0. The van der Waals surface area contributed by atoms with Gasteiger partial charge in [0.25, 0.3) is 0 Å². The van der Waals surface area contributed by atoms with Gasteiger partial charge in [0.2, 0.25) is 5.95 Å². The van der Waals surface area contributed by atoms with Crippen molar-refractivity contribution in [3.8, 4) is 0 Å². The van der Waals surface area contributed by atoms with Gasteiger partial charge in [0.1, 0.15) is 5.82 Å². The first-order valence-corrected chi connectivity index (χ1v) is 7.15. The van der Waals surface area contributed by atoms with E-state index in [9.17, 15) is 0 Å². The summed E-state index contributed by atoms with van der Waals surface area (Å²) >= 11 is 12.1. The normalized spacial score (nSPS) is 10.4. The van der Waals surface area contributed by atoms with Gasteiger partial charge >= 0.3 is 0 Å². The van der Waals surface area contributed by atoms with Crippen LogP contribution in [0.2, 0.25) is 10.0 Å². The lowest BCUT2D eigenvalue weighted by Crippen LogP contribution is -2.07. The van der Waals surface area contributed by atoms with Crippen molar-refractivity contribution in [3.63, 3.8) is 0 Å². The summed E-state index contributed by atoms with van der Waals surface area (Å²) in [7, 11) is 0. The molecule has 20 heavy (non-hydrogen) atoms. The van der Waals surface area contributed by atoms with Crippen LogP contribution in [0, 0.1) is 6.92 Å². The van der Waals surface area contributed by atoms with Crippen LogP contribution in [0.15, 0.2) is 24.4 Å². The summed E-state index contributed by atoms with van der Waals surface area (Å²) in [6.07, 6.45) is 2.78. The number of hydrogen-bond acceptors (Lipinski definition) is 4. The first-order valence-electron chi connectivity index (χ1n) is 6.39. The highest BCUT2D eigenvalue weighted by molar-refractivity contribution is 6.35. The first-order chi connectivity index (χ1) is 9.60. The SMILES string of the molecule is CCCNc1ncc(C)c(Nc2cc(Cl)ccc2Cl)n1. The molecule has 0 atom stereocenters. The summed E-state index contributed by atoms with van der Waals surface area (Å²) in [5, 5.41) is 7.55. The van der Waals surface area contributed by atoms with E-state index in [1.165, 1.54) is 0 Å². The van der Waals surface area contributed by atoms with Crippen LogP contribution >= 0.6 is 23.2 Å². The molecular formula is C14H16Cl2N4. The largest absolute Gasteiger partial charge is 0.354 e. The van der Waals surface area contributed by atoms with Crippen LogP contribution in [0.4, 0.5) is 17.5 Å². The molecule has 2 aromatic rings. The molecule has 2 rings (SSSR count). The van der Waals surface area contributed by atoms with Crippen molar-refractivity contribution in [2.75, 3.05) is 17.2 Å². The van der Waals surface area contributed by atoms with Crippen LogP contribution in [0.1, 0.15) is 18.9 Å². The maximum absolute atomic E-state index is 6.14. The van der Waals surface area contributed by atoms with Crippen molar-refractivity contribution in [1.29, 1.82) is 0 Å². The summed E-state index contributed by atoms with van der Waals surface area (Å²) in [5.74, 6) is 1.31. The predicted octanol–water partition coefficient (Wildman–Crippen LogP) is 4.66. The second-order valence-electron chi connectivity index (χ2n) is 4.40. The third-order valence-corrected chi connectivity index (χ3v) is 3.25. The molecule has 1 aromatic heterocycles. The van der Waals surface area contributed by atoms with Gasteiger partial charge in [-0.25, -0.2) is 4.98 Å². The van der Waals surface area contributed by atoms with Crippen LogP contribution < -0.4 is 10.6 Å². The molecule has 0 unspecified atom stereocenters. The lowest BCUT2D eigenvalue weighted by Gasteiger charge is -2.12. The van der Waals surface area contributed by atoms with Crippen molar-refractivity contribution in [2.24, 2.45) is 0 Å². The highest BCUT2D eigenvalue weighted by Gasteiger charge is 2.07. The third-order valence-electron chi connectivity index (χ3n) is 2.69. The summed E-state index contributed by atoms with van der Waals surface area (Å²) in [4.78, 5) is 8.68.